The van der Waals surface area contributed by atoms with Crippen molar-refractivity contribution in [1.29, 1.82) is 0 Å². The van der Waals surface area contributed by atoms with Crippen LogP contribution in [0.3, 0.4) is 0 Å². The highest BCUT2D eigenvalue weighted by Gasteiger charge is 2.25. The zero-order valence-corrected chi connectivity index (χ0v) is 10.2. The molecule has 94 valence electrons. The third-order valence-electron chi connectivity index (χ3n) is 3.33. The summed E-state index contributed by atoms with van der Waals surface area (Å²) >= 11 is 0. The molecule has 2 aliphatic rings. The molecule has 0 unspecified atom stereocenters. The Hall–Kier alpha value is -1.97. The molecule has 0 radical (unpaired) electrons. The van der Waals surface area contributed by atoms with Crippen LogP contribution in [-0.2, 0) is 4.79 Å². The Balaban J connectivity index is 1.89. The SMILES string of the molecule is O=C1C(=Cc2ccco2)CCCC1=C1NCCN1. The quantitative estimate of drug-likeness (QED) is 0.740. The molecule has 2 fully saturated rings. The van der Waals surface area contributed by atoms with Crippen molar-refractivity contribution < 1.29 is 9.21 Å². The number of hydrogen-bond acceptors (Lipinski definition) is 4. The Kier molecular flexibility index (Phi) is 2.92. The van der Waals surface area contributed by atoms with Crippen molar-refractivity contribution in [2.24, 2.45) is 0 Å². The number of carbonyl (C=O) groups is 1. The number of Topliss-reactive ketones (excluding diaryl/α,β-unsaturated/α-hetero) is 1. The lowest BCUT2D eigenvalue weighted by Gasteiger charge is -2.18. The summed E-state index contributed by atoms with van der Waals surface area (Å²) in [6.07, 6.45) is 6.18. The molecule has 1 aromatic heterocycles. The van der Waals surface area contributed by atoms with Crippen LogP contribution in [0.1, 0.15) is 25.0 Å². The van der Waals surface area contributed by atoms with Gasteiger partial charge in [-0.2, -0.15) is 0 Å². The van der Waals surface area contributed by atoms with Crippen LogP contribution in [0.15, 0.2) is 39.8 Å². The van der Waals surface area contributed by atoms with E-state index in [1.807, 2.05) is 18.2 Å². The van der Waals surface area contributed by atoms with Crippen molar-refractivity contribution in [3.8, 4) is 0 Å². The fourth-order valence-corrected chi connectivity index (χ4v) is 2.45. The highest BCUT2D eigenvalue weighted by atomic mass is 16.3. The summed E-state index contributed by atoms with van der Waals surface area (Å²) in [5, 5.41) is 6.47. The van der Waals surface area contributed by atoms with Gasteiger partial charge >= 0.3 is 0 Å². The predicted molar refractivity (Wildman–Crippen MR) is 68.6 cm³/mol. The molecule has 1 saturated carbocycles. The lowest BCUT2D eigenvalue weighted by atomic mass is 9.88. The third kappa shape index (κ3) is 2.06. The molecule has 0 bridgehead atoms. The first-order chi connectivity index (χ1) is 8.84. The summed E-state index contributed by atoms with van der Waals surface area (Å²) in [6.45, 7) is 1.78. The minimum atomic E-state index is 0.148. The summed E-state index contributed by atoms with van der Waals surface area (Å²) in [4.78, 5) is 12.4. The molecule has 0 amide bonds. The van der Waals surface area contributed by atoms with E-state index < -0.39 is 0 Å². The minimum Gasteiger partial charge on any atom is -0.465 e. The van der Waals surface area contributed by atoms with Gasteiger partial charge in [-0.1, -0.05) is 0 Å². The normalized spacial score (nSPS) is 22.2. The standard InChI is InChI=1S/C14H16N2O2/c17-13-10(9-11-4-2-8-18-11)3-1-5-12(13)14-15-6-7-16-14/h2,4,8-9,15-16H,1,3,5-7H2. The van der Waals surface area contributed by atoms with Gasteiger partial charge in [-0.3, -0.25) is 4.79 Å². The van der Waals surface area contributed by atoms with Gasteiger partial charge in [0.1, 0.15) is 11.6 Å². The zero-order valence-electron chi connectivity index (χ0n) is 10.2. The van der Waals surface area contributed by atoms with Gasteiger partial charge in [0.05, 0.1) is 6.26 Å². The van der Waals surface area contributed by atoms with Gasteiger partial charge in [-0.15, -0.1) is 0 Å². The van der Waals surface area contributed by atoms with Gasteiger partial charge in [0, 0.05) is 24.2 Å². The second kappa shape index (κ2) is 4.72. The topological polar surface area (TPSA) is 54.3 Å². The molecule has 1 aliphatic carbocycles. The molecule has 3 rings (SSSR count). The molecule has 4 heteroatoms. The van der Waals surface area contributed by atoms with Gasteiger partial charge < -0.3 is 15.1 Å². The van der Waals surface area contributed by atoms with Crippen molar-refractivity contribution in [3.63, 3.8) is 0 Å². The van der Waals surface area contributed by atoms with Crippen molar-refractivity contribution in [1.82, 2.24) is 10.6 Å². The van der Waals surface area contributed by atoms with Crippen LogP contribution >= 0.6 is 0 Å². The lowest BCUT2D eigenvalue weighted by Crippen LogP contribution is -2.22. The van der Waals surface area contributed by atoms with E-state index in [4.69, 9.17) is 4.42 Å². The maximum Gasteiger partial charge on any atom is 0.188 e. The number of hydrogen-bond donors (Lipinski definition) is 2. The van der Waals surface area contributed by atoms with Crippen LogP contribution < -0.4 is 10.6 Å². The van der Waals surface area contributed by atoms with E-state index in [-0.39, 0.29) is 5.78 Å². The molecular weight excluding hydrogens is 228 g/mol. The van der Waals surface area contributed by atoms with Gasteiger partial charge in [0.25, 0.3) is 0 Å². The molecule has 1 saturated heterocycles. The first kappa shape index (κ1) is 11.1. The molecular formula is C14H16N2O2. The van der Waals surface area contributed by atoms with Crippen molar-refractivity contribution >= 4 is 11.9 Å². The van der Waals surface area contributed by atoms with Crippen molar-refractivity contribution in [3.05, 3.63) is 41.1 Å². The van der Waals surface area contributed by atoms with E-state index in [1.165, 1.54) is 0 Å². The van der Waals surface area contributed by atoms with Gasteiger partial charge in [-0.25, -0.2) is 0 Å². The van der Waals surface area contributed by atoms with Crippen LogP contribution in [-0.4, -0.2) is 18.9 Å². The summed E-state index contributed by atoms with van der Waals surface area (Å²) in [5.74, 6) is 1.82. The number of furan rings is 1. The summed E-state index contributed by atoms with van der Waals surface area (Å²) in [6, 6.07) is 3.70. The van der Waals surface area contributed by atoms with Gasteiger partial charge in [0.2, 0.25) is 0 Å². The molecule has 1 aromatic rings. The molecule has 1 aliphatic heterocycles. The van der Waals surface area contributed by atoms with E-state index in [0.717, 1.165) is 55.1 Å². The van der Waals surface area contributed by atoms with Crippen LogP contribution in [0.2, 0.25) is 0 Å². The smallest absolute Gasteiger partial charge is 0.188 e. The third-order valence-corrected chi connectivity index (χ3v) is 3.33. The Morgan fingerprint density at radius 2 is 2.06 bits per heavy atom. The van der Waals surface area contributed by atoms with Crippen LogP contribution in [0.25, 0.3) is 6.08 Å². The molecule has 0 aromatic carbocycles. The monoisotopic (exact) mass is 244 g/mol. The average molecular weight is 244 g/mol. The number of ketones is 1. The molecule has 18 heavy (non-hydrogen) atoms. The molecule has 2 heterocycles. The molecule has 4 nitrogen and oxygen atoms in total. The van der Waals surface area contributed by atoms with Gasteiger partial charge in [0.15, 0.2) is 5.78 Å². The largest absolute Gasteiger partial charge is 0.465 e. The summed E-state index contributed by atoms with van der Waals surface area (Å²) < 4.78 is 5.27. The Morgan fingerprint density at radius 3 is 2.78 bits per heavy atom. The van der Waals surface area contributed by atoms with E-state index in [1.54, 1.807) is 6.26 Å². The van der Waals surface area contributed by atoms with Crippen LogP contribution in [0.5, 0.6) is 0 Å². The van der Waals surface area contributed by atoms with Gasteiger partial charge in [-0.05, 0) is 37.5 Å². The van der Waals surface area contributed by atoms with Crippen LogP contribution in [0.4, 0.5) is 0 Å². The van der Waals surface area contributed by atoms with Crippen molar-refractivity contribution in [2.45, 2.75) is 19.3 Å². The number of rotatable bonds is 1. The first-order valence-electron chi connectivity index (χ1n) is 6.34. The molecule has 2 N–H and O–H groups in total. The number of allylic oxidation sites excluding steroid dienone is 2. The van der Waals surface area contributed by atoms with Crippen molar-refractivity contribution in [2.75, 3.05) is 13.1 Å². The lowest BCUT2D eigenvalue weighted by molar-refractivity contribution is -0.113. The molecule has 0 atom stereocenters. The highest BCUT2D eigenvalue weighted by Crippen LogP contribution is 2.27. The predicted octanol–water partition coefficient (Wildman–Crippen LogP) is 1.82. The van der Waals surface area contributed by atoms with E-state index in [9.17, 15) is 4.79 Å². The Morgan fingerprint density at radius 1 is 1.22 bits per heavy atom. The average Bonchev–Trinajstić information content (AvgIpc) is 3.04. The second-order valence-corrected chi connectivity index (χ2v) is 4.57. The molecule has 0 spiro atoms. The zero-order chi connectivity index (χ0) is 12.4. The van der Waals surface area contributed by atoms with E-state index >= 15 is 0 Å². The fraction of sp³-hybridized carbons (Fsp3) is 0.357. The number of carbonyl (C=O) groups excluding carboxylic acids is 1. The van der Waals surface area contributed by atoms with E-state index in [2.05, 4.69) is 10.6 Å². The Bertz CT molecular complexity index is 504. The highest BCUT2D eigenvalue weighted by molar-refractivity contribution is 6.11. The Labute approximate surface area is 106 Å². The summed E-state index contributed by atoms with van der Waals surface area (Å²) in [7, 11) is 0. The minimum absolute atomic E-state index is 0.148. The second-order valence-electron chi connectivity index (χ2n) is 4.57. The fourth-order valence-electron chi connectivity index (χ4n) is 2.45. The maximum atomic E-state index is 12.4. The first-order valence-corrected chi connectivity index (χ1v) is 6.34. The number of nitrogens with one attached hydrogen (secondary N) is 2. The maximum absolute atomic E-state index is 12.4. The van der Waals surface area contributed by atoms with Crippen LogP contribution in [0, 0.1) is 0 Å². The summed E-state index contributed by atoms with van der Waals surface area (Å²) in [5.41, 5.74) is 1.73. The van der Waals surface area contributed by atoms with E-state index in [0.29, 0.717) is 0 Å².